The second kappa shape index (κ2) is 5.17. The van der Waals surface area contributed by atoms with Crippen LogP contribution < -0.4 is 0 Å². The van der Waals surface area contributed by atoms with Crippen LogP contribution in [0.15, 0.2) is 24.3 Å². The van der Waals surface area contributed by atoms with Crippen LogP contribution in [-0.2, 0) is 4.74 Å². The third-order valence-corrected chi connectivity index (χ3v) is 3.44. The van der Waals surface area contributed by atoms with Gasteiger partial charge in [-0.25, -0.2) is 4.79 Å². The highest BCUT2D eigenvalue weighted by atomic mass is 16.6. The lowest BCUT2D eigenvalue weighted by Crippen LogP contribution is -2.42. The highest BCUT2D eigenvalue weighted by Gasteiger charge is 2.35. The average Bonchev–Trinajstić information content (AvgIpc) is 2.76. The van der Waals surface area contributed by atoms with Crippen LogP contribution in [0.25, 0.3) is 0 Å². The monoisotopic (exact) mass is 249 g/mol. The maximum Gasteiger partial charge on any atom is 0.410 e. The standard InChI is InChI=1S/C15H23NO2/c1-15(2,3)18-14(17)16-11-7-10-13(16)12-8-5-4-6-9-12/h4-6,8,12-13H,7,9-11H2,1-3H3/t12?,13-/m0/s1. The molecule has 2 rings (SSSR count). The molecule has 18 heavy (non-hydrogen) atoms. The highest BCUT2D eigenvalue weighted by molar-refractivity contribution is 5.69. The molecule has 1 aliphatic carbocycles. The van der Waals surface area contributed by atoms with E-state index in [2.05, 4.69) is 24.3 Å². The van der Waals surface area contributed by atoms with Crippen molar-refractivity contribution in [3.8, 4) is 0 Å². The molecule has 2 aliphatic rings. The van der Waals surface area contributed by atoms with Gasteiger partial charge in [0.15, 0.2) is 0 Å². The molecule has 1 aliphatic heterocycles. The van der Waals surface area contributed by atoms with Crippen LogP contribution in [0.2, 0.25) is 0 Å². The summed E-state index contributed by atoms with van der Waals surface area (Å²) in [6.07, 6.45) is 11.6. The molecule has 0 saturated carbocycles. The smallest absolute Gasteiger partial charge is 0.410 e. The first-order chi connectivity index (χ1) is 8.47. The highest BCUT2D eigenvalue weighted by Crippen LogP contribution is 2.30. The number of rotatable bonds is 1. The van der Waals surface area contributed by atoms with Crippen molar-refractivity contribution in [2.24, 2.45) is 5.92 Å². The first-order valence-corrected chi connectivity index (χ1v) is 6.80. The maximum atomic E-state index is 12.2. The van der Waals surface area contributed by atoms with Gasteiger partial charge in [-0.3, -0.25) is 0 Å². The van der Waals surface area contributed by atoms with E-state index >= 15 is 0 Å². The average molecular weight is 249 g/mol. The zero-order chi connectivity index (χ0) is 13.2. The SMILES string of the molecule is CC(C)(C)OC(=O)N1CCC[C@H]1C1C=CC=CC1. The summed E-state index contributed by atoms with van der Waals surface area (Å²) in [4.78, 5) is 14.1. The largest absolute Gasteiger partial charge is 0.444 e. The van der Waals surface area contributed by atoms with E-state index in [1.165, 1.54) is 0 Å². The van der Waals surface area contributed by atoms with Gasteiger partial charge in [-0.2, -0.15) is 0 Å². The van der Waals surface area contributed by atoms with E-state index in [0.717, 1.165) is 25.8 Å². The van der Waals surface area contributed by atoms with Gasteiger partial charge >= 0.3 is 6.09 Å². The van der Waals surface area contributed by atoms with Crippen LogP contribution in [0, 0.1) is 5.92 Å². The molecule has 3 nitrogen and oxygen atoms in total. The van der Waals surface area contributed by atoms with Gasteiger partial charge in [-0.1, -0.05) is 24.3 Å². The molecule has 0 spiro atoms. The van der Waals surface area contributed by atoms with Crippen molar-refractivity contribution in [3.05, 3.63) is 24.3 Å². The fourth-order valence-electron chi connectivity index (χ4n) is 2.67. The topological polar surface area (TPSA) is 29.5 Å². The number of ether oxygens (including phenoxy) is 1. The number of amides is 1. The van der Waals surface area contributed by atoms with E-state index < -0.39 is 5.60 Å². The minimum atomic E-state index is -0.410. The van der Waals surface area contributed by atoms with Gasteiger partial charge in [0.05, 0.1) is 0 Å². The Morgan fingerprint density at radius 1 is 1.33 bits per heavy atom. The molecular formula is C15H23NO2. The van der Waals surface area contributed by atoms with E-state index in [9.17, 15) is 4.79 Å². The van der Waals surface area contributed by atoms with E-state index in [0.29, 0.717) is 12.0 Å². The molecule has 0 N–H and O–H groups in total. The van der Waals surface area contributed by atoms with Gasteiger partial charge in [0, 0.05) is 18.5 Å². The molecule has 3 heteroatoms. The van der Waals surface area contributed by atoms with Crippen LogP contribution in [0.1, 0.15) is 40.0 Å². The Bertz CT molecular complexity index is 365. The normalized spacial score (nSPS) is 27.6. The predicted octanol–water partition coefficient (Wildman–Crippen LogP) is 3.52. The summed E-state index contributed by atoms with van der Waals surface area (Å²) in [5, 5.41) is 0. The van der Waals surface area contributed by atoms with Gasteiger partial charge in [0.25, 0.3) is 0 Å². The third kappa shape index (κ3) is 3.15. The summed E-state index contributed by atoms with van der Waals surface area (Å²) in [6, 6.07) is 0.307. The fourth-order valence-corrected chi connectivity index (χ4v) is 2.67. The molecule has 0 aromatic rings. The van der Waals surface area contributed by atoms with E-state index in [1.54, 1.807) is 0 Å². The van der Waals surface area contributed by atoms with Crippen molar-refractivity contribution in [2.75, 3.05) is 6.54 Å². The van der Waals surface area contributed by atoms with E-state index in [4.69, 9.17) is 4.74 Å². The van der Waals surface area contributed by atoms with Gasteiger partial charge in [-0.05, 0) is 40.0 Å². The number of hydrogen-bond donors (Lipinski definition) is 0. The van der Waals surface area contributed by atoms with Crippen molar-refractivity contribution in [1.82, 2.24) is 4.90 Å². The lowest BCUT2D eigenvalue weighted by Gasteiger charge is -2.32. The Labute approximate surface area is 109 Å². The van der Waals surface area contributed by atoms with Crippen LogP contribution >= 0.6 is 0 Å². The molecule has 0 radical (unpaired) electrons. The molecule has 0 aromatic carbocycles. The molecule has 2 atom stereocenters. The zero-order valence-corrected chi connectivity index (χ0v) is 11.6. The molecule has 1 unspecified atom stereocenters. The molecule has 0 aromatic heterocycles. The van der Waals surface area contributed by atoms with Crippen molar-refractivity contribution in [3.63, 3.8) is 0 Å². The minimum absolute atomic E-state index is 0.159. The maximum absolute atomic E-state index is 12.2. The number of carbonyl (C=O) groups is 1. The lowest BCUT2D eigenvalue weighted by molar-refractivity contribution is 0.0195. The number of likely N-dealkylation sites (tertiary alicyclic amines) is 1. The Morgan fingerprint density at radius 3 is 2.72 bits per heavy atom. The number of carbonyl (C=O) groups excluding carboxylic acids is 1. The Morgan fingerprint density at radius 2 is 2.11 bits per heavy atom. The molecule has 1 saturated heterocycles. The predicted molar refractivity (Wildman–Crippen MR) is 72.3 cm³/mol. The number of allylic oxidation sites excluding steroid dienone is 3. The van der Waals surface area contributed by atoms with Crippen LogP contribution in [-0.4, -0.2) is 29.2 Å². The van der Waals surface area contributed by atoms with Gasteiger partial charge < -0.3 is 9.64 Å². The lowest BCUT2D eigenvalue weighted by atomic mass is 9.91. The molecule has 1 fully saturated rings. The first-order valence-electron chi connectivity index (χ1n) is 6.80. The summed E-state index contributed by atoms with van der Waals surface area (Å²) in [5.41, 5.74) is -0.410. The van der Waals surface area contributed by atoms with Crippen LogP contribution in [0.5, 0.6) is 0 Å². The van der Waals surface area contributed by atoms with Crippen LogP contribution in [0.3, 0.4) is 0 Å². The molecule has 1 amide bonds. The molecular weight excluding hydrogens is 226 g/mol. The minimum Gasteiger partial charge on any atom is -0.444 e. The molecule has 100 valence electrons. The summed E-state index contributed by atoms with van der Waals surface area (Å²) in [7, 11) is 0. The summed E-state index contributed by atoms with van der Waals surface area (Å²) in [5.74, 6) is 0.449. The summed E-state index contributed by atoms with van der Waals surface area (Å²) < 4.78 is 5.49. The van der Waals surface area contributed by atoms with Crippen molar-refractivity contribution in [2.45, 2.75) is 51.7 Å². The Balaban J connectivity index is 2.01. The fraction of sp³-hybridized carbons (Fsp3) is 0.667. The Kier molecular flexibility index (Phi) is 3.79. The third-order valence-electron chi connectivity index (χ3n) is 3.44. The number of nitrogens with zero attached hydrogens (tertiary/aromatic N) is 1. The first kappa shape index (κ1) is 13.2. The molecule has 0 bridgehead atoms. The Hall–Kier alpha value is -1.25. The number of hydrogen-bond acceptors (Lipinski definition) is 2. The summed E-state index contributed by atoms with van der Waals surface area (Å²) in [6.45, 7) is 6.57. The molecule has 1 heterocycles. The van der Waals surface area contributed by atoms with Crippen molar-refractivity contribution >= 4 is 6.09 Å². The second-order valence-electron chi connectivity index (χ2n) is 6.10. The van der Waals surface area contributed by atoms with E-state index in [-0.39, 0.29) is 6.09 Å². The quantitative estimate of drug-likeness (QED) is 0.711. The summed E-state index contributed by atoms with van der Waals surface area (Å²) >= 11 is 0. The van der Waals surface area contributed by atoms with Gasteiger partial charge in [0.1, 0.15) is 5.60 Å². The van der Waals surface area contributed by atoms with Crippen LogP contribution in [0.4, 0.5) is 4.79 Å². The van der Waals surface area contributed by atoms with E-state index in [1.807, 2.05) is 25.7 Å². The van der Waals surface area contributed by atoms with Gasteiger partial charge in [-0.15, -0.1) is 0 Å². The van der Waals surface area contributed by atoms with Crippen molar-refractivity contribution in [1.29, 1.82) is 0 Å². The van der Waals surface area contributed by atoms with Gasteiger partial charge in [0.2, 0.25) is 0 Å². The zero-order valence-electron chi connectivity index (χ0n) is 11.6. The second-order valence-corrected chi connectivity index (χ2v) is 6.10. The van der Waals surface area contributed by atoms with Crippen molar-refractivity contribution < 1.29 is 9.53 Å².